The van der Waals surface area contributed by atoms with Crippen molar-refractivity contribution in [2.75, 3.05) is 13.1 Å². The first-order valence-corrected chi connectivity index (χ1v) is 3.26. The first kappa shape index (κ1) is 6.28. The molecule has 0 aromatic rings. The standard InChI is InChI=1S/C4H6INO2/c5-8-4(7)3-1-6-2-3/h3,6H,1-2H2. The molecule has 0 aromatic heterocycles. The van der Waals surface area contributed by atoms with Crippen molar-refractivity contribution in [3.8, 4) is 0 Å². The quantitative estimate of drug-likeness (QED) is 0.645. The lowest BCUT2D eigenvalue weighted by Crippen LogP contribution is -2.46. The number of rotatable bonds is 1. The van der Waals surface area contributed by atoms with Crippen molar-refractivity contribution >= 4 is 29.0 Å². The summed E-state index contributed by atoms with van der Waals surface area (Å²) in [5.41, 5.74) is 0. The van der Waals surface area contributed by atoms with Crippen molar-refractivity contribution in [2.24, 2.45) is 5.92 Å². The van der Waals surface area contributed by atoms with Crippen LogP contribution >= 0.6 is 23.0 Å². The Morgan fingerprint density at radius 1 is 1.75 bits per heavy atom. The largest absolute Gasteiger partial charge is 0.394 e. The first-order valence-electron chi connectivity index (χ1n) is 2.37. The van der Waals surface area contributed by atoms with Crippen LogP contribution in [0.3, 0.4) is 0 Å². The highest BCUT2D eigenvalue weighted by Gasteiger charge is 2.25. The number of nitrogens with one attached hydrogen (secondary N) is 1. The molecule has 4 heteroatoms. The summed E-state index contributed by atoms with van der Waals surface area (Å²) in [6.07, 6.45) is 0. The number of carbonyl (C=O) groups is 1. The SMILES string of the molecule is O=C(OI)C1CNC1. The van der Waals surface area contributed by atoms with Gasteiger partial charge >= 0.3 is 5.97 Å². The number of carbonyl (C=O) groups excluding carboxylic acids is 1. The van der Waals surface area contributed by atoms with E-state index >= 15 is 0 Å². The van der Waals surface area contributed by atoms with Gasteiger partial charge in [-0.25, -0.2) is 0 Å². The average Bonchev–Trinajstić information content (AvgIpc) is 1.62. The Morgan fingerprint density at radius 2 is 2.38 bits per heavy atom. The maximum Gasteiger partial charge on any atom is 0.320 e. The van der Waals surface area contributed by atoms with E-state index in [-0.39, 0.29) is 11.9 Å². The van der Waals surface area contributed by atoms with Crippen molar-refractivity contribution in [1.82, 2.24) is 5.32 Å². The fraction of sp³-hybridized carbons (Fsp3) is 0.750. The minimum absolute atomic E-state index is 0.107. The Balaban J connectivity index is 2.24. The first-order chi connectivity index (χ1) is 3.84. The molecule has 0 saturated carbocycles. The lowest BCUT2D eigenvalue weighted by atomic mass is 10.1. The van der Waals surface area contributed by atoms with Crippen LogP contribution in [0, 0.1) is 5.92 Å². The highest BCUT2D eigenvalue weighted by molar-refractivity contribution is 14.1. The highest BCUT2D eigenvalue weighted by Crippen LogP contribution is 2.06. The van der Waals surface area contributed by atoms with E-state index in [1.54, 1.807) is 23.0 Å². The molecule has 0 aliphatic carbocycles. The van der Waals surface area contributed by atoms with Crippen molar-refractivity contribution in [1.29, 1.82) is 0 Å². The number of hydrogen-bond donors (Lipinski definition) is 1. The van der Waals surface area contributed by atoms with Gasteiger partial charge in [-0.15, -0.1) is 0 Å². The molecule has 1 N–H and O–H groups in total. The Hall–Kier alpha value is 0.160. The zero-order valence-electron chi connectivity index (χ0n) is 4.19. The smallest absolute Gasteiger partial charge is 0.320 e. The van der Waals surface area contributed by atoms with Crippen LogP contribution < -0.4 is 5.32 Å². The second kappa shape index (κ2) is 2.63. The van der Waals surface area contributed by atoms with Gasteiger partial charge in [0.2, 0.25) is 0 Å². The highest BCUT2D eigenvalue weighted by atomic mass is 127. The summed E-state index contributed by atoms with van der Waals surface area (Å²) in [6.45, 7) is 1.56. The van der Waals surface area contributed by atoms with Crippen LogP contribution in [0.5, 0.6) is 0 Å². The van der Waals surface area contributed by atoms with Gasteiger partial charge in [-0.05, 0) is 0 Å². The van der Waals surface area contributed by atoms with Gasteiger partial charge < -0.3 is 8.38 Å². The van der Waals surface area contributed by atoms with E-state index in [9.17, 15) is 4.79 Å². The third kappa shape index (κ3) is 1.11. The van der Waals surface area contributed by atoms with Gasteiger partial charge in [0.05, 0.1) is 5.92 Å². The maximum atomic E-state index is 10.5. The normalized spacial score (nSPS) is 19.6. The van der Waals surface area contributed by atoms with Crippen LogP contribution in [0.1, 0.15) is 0 Å². The predicted octanol–water partition coefficient (Wildman–Crippen LogP) is 0.0990. The minimum Gasteiger partial charge on any atom is -0.394 e. The summed E-state index contributed by atoms with van der Waals surface area (Å²) in [4.78, 5) is 10.5. The van der Waals surface area contributed by atoms with Gasteiger partial charge in [-0.1, -0.05) is 0 Å². The summed E-state index contributed by atoms with van der Waals surface area (Å²) in [7, 11) is 0. The third-order valence-electron chi connectivity index (χ3n) is 1.19. The van der Waals surface area contributed by atoms with Crippen LogP contribution in [0.4, 0.5) is 0 Å². The molecule has 0 amide bonds. The molecule has 8 heavy (non-hydrogen) atoms. The molecule has 1 heterocycles. The van der Waals surface area contributed by atoms with Crippen LogP contribution in [-0.4, -0.2) is 19.1 Å². The molecule has 1 fully saturated rings. The molecule has 1 saturated heterocycles. The molecular formula is C4H6INO2. The second-order valence-electron chi connectivity index (χ2n) is 1.75. The molecular weight excluding hydrogens is 221 g/mol. The molecule has 1 rings (SSSR count). The molecule has 0 atom stereocenters. The number of hydrogen-bond acceptors (Lipinski definition) is 3. The second-order valence-corrected chi connectivity index (χ2v) is 2.19. The van der Waals surface area contributed by atoms with E-state index in [1.165, 1.54) is 0 Å². The van der Waals surface area contributed by atoms with Crippen molar-refractivity contribution in [3.63, 3.8) is 0 Å². The summed E-state index contributed by atoms with van der Waals surface area (Å²) in [5.74, 6) is 0.0104. The summed E-state index contributed by atoms with van der Waals surface area (Å²) < 4.78 is 4.45. The molecule has 1 aliphatic rings. The lowest BCUT2D eigenvalue weighted by molar-refractivity contribution is -0.137. The van der Waals surface area contributed by atoms with Gasteiger partial charge in [-0.2, -0.15) is 0 Å². The van der Waals surface area contributed by atoms with Crippen LogP contribution in [0.15, 0.2) is 0 Å². The Morgan fingerprint density at radius 3 is 2.50 bits per heavy atom. The van der Waals surface area contributed by atoms with Crippen LogP contribution in [-0.2, 0) is 7.86 Å². The summed E-state index contributed by atoms with van der Waals surface area (Å²) in [5, 5.41) is 2.97. The molecule has 0 unspecified atom stereocenters. The van der Waals surface area contributed by atoms with E-state index in [0.29, 0.717) is 0 Å². The molecule has 46 valence electrons. The zero-order valence-corrected chi connectivity index (χ0v) is 6.34. The summed E-state index contributed by atoms with van der Waals surface area (Å²) in [6, 6.07) is 0. The van der Waals surface area contributed by atoms with Crippen molar-refractivity contribution in [2.45, 2.75) is 0 Å². The Kier molecular flexibility index (Phi) is 2.07. The molecule has 1 aliphatic heterocycles. The zero-order chi connectivity index (χ0) is 5.98. The Labute approximate surface area is 61.5 Å². The lowest BCUT2D eigenvalue weighted by Gasteiger charge is -2.23. The third-order valence-corrected chi connectivity index (χ3v) is 1.62. The summed E-state index contributed by atoms with van der Waals surface area (Å²) >= 11 is 1.61. The van der Waals surface area contributed by atoms with Crippen molar-refractivity contribution in [3.05, 3.63) is 0 Å². The molecule has 0 radical (unpaired) electrons. The van der Waals surface area contributed by atoms with Gasteiger partial charge in [0.15, 0.2) is 23.0 Å². The van der Waals surface area contributed by atoms with E-state index in [4.69, 9.17) is 0 Å². The fourth-order valence-electron chi connectivity index (χ4n) is 0.518. The molecule has 0 bridgehead atoms. The minimum atomic E-state index is -0.107. The van der Waals surface area contributed by atoms with Gasteiger partial charge in [-0.3, -0.25) is 4.79 Å². The average molecular weight is 227 g/mol. The van der Waals surface area contributed by atoms with E-state index in [2.05, 4.69) is 8.38 Å². The van der Waals surface area contributed by atoms with Gasteiger partial charge in [0.25, 0.3) is 0 Å². The van der Waals surface area contributed by atoms with Gasteiger partial charge in [0, 0.05) is 13.1 Å². The van der Waals surface area contributed by atoms with Gasteiger partial charge in [0.1, 0.15) is 0 Å². The van der Waals surface area contributed by atoms with E-state index in [1.807, 2.05) is 0 Å². The Bertz CT molecular complexity index is 102. The van der Waals surface area contributed by atoms with E-state index < -0.39 is 0 Å². The predicted molar refractivity (Wildman–Crippen MR) is 36.5 cm³/mol. The maximum absolute atomic E-state index is 10.5. The topological polar surface area (TPSA) is 38.3 Å². The monoisotopic (exact) mass is 227 g/mol. The molecule has 0 spiro atoms. The van der Waals surface area contributed by atoms with Crippen LogP contribution in [0.2, 0.25) is 0 Å². The van der Waals surface area contributed by atoms with Crippen molar-refractivity contribution < 1.29 is 7.86 Å². The number of halogens is 1. The fourth-order valence-corrected chi connectivity index (χ4v) is 0.878. The van der Waals surface area contributed by atoms with Crippen LogP contribution in [0.25, 0.3) is 0 Å². The molecule has 3 nitrogen and oxygen atoms in total. The van der Waals surface area contributed by atoms with E-state index in [0.717, 1.165) is 13.1 Å². The molecule has 0 aromatic carbocycles.